The second kappa shape index (κ2) is 6.34. The van der Waals surface area contributed by atoms with E-state index in [1.807, 2.05) is 43.0 Å². The van der Waals surface area contributed by atoms with E-state index in [4.69, 9.17) is 8.94 Å². The first kappa shape index (κ1) is 17.3. The van der Waals surface area contributed by atoms with Gasteiger partial charge in [0.1, 0.15) is 12.0 Å². The SMILES string of the molecule is Cc1noc(C)c1CN1CCC2(CC1)C(=O)N(c1ccoc1)c1ccccc12. The minimum atomic E-state index is -0.455. The van der Waals surface area contributed by atoms with Crippen molar-refractivity contribution in [1.82, 2.24) is 10.1 Å². The van der Waals surface area contributed by atoms with Crippen LogP contribution in [0.2, 0.25) is 0 Å². The molecule has 0 aliphatic carbocycles. The Morgan fingerprint density at radius 1 is 1.14 bits per heavy atom. The molecule has 2 aliphatic heterocycles. The number of hydrogen-bond donors (Lipinski definition) is 0. The average Bonchev–Trinajstić information content (AvgIpc) is 3.40. The third kappa shape index (κ3) is 2.44. The lowest BCUT2D eigenvalue weighted by molar-refractivity contribution is -0.124. The van der Waals surface area contributed by atoms with E-state index >= 15 is 0 Å². The molecule has 0 unspecified atom stereocenters. The van der Waals surface area contributed by atoms with E-state index in [2.05, 4.69) is 16.1 Å². The molecule has 5 rings (SSSR count). The molecule has 6 heteroatoms. The van der Waals surface area contributed by atoms with Gasteiger partial charge in [0.05, 0.1) is 28.7 Å². The van der Waals surface area contributed by atoms with Crippen molar-refractivity contribution in [2.75, 3.05) is 18.0 Å². The van der Waals surface area contributed by atoms with Crippen LogP contribution in [0, 0.1) is 13.8 Å². The second-order valence-corrected chi connectivity index (χ2v) is 7.80. The van der Waals surface area contributed by atoms with E-state index in [-0.39, 0.29) is 5.91 Å². The molecule has 28 heavy (non-hydrogen) atoms. The van der Waals surface area contributed by atoms with Crippen molar-refractivity contribution in [1.29, 1.82) is 0 Å². The quantitative estimate of drug-likeness (QED) is 0.688. The fourth-order valence-corrected chi connectivity index (χ4v) is 4.68. The number of fused-ring (bicyclic) bond motifs is 2. The molecule has 1 saturated heterocycles. The van der Waals surface area contributed by atoms with Gasteiger partial charge in [0, 0.05) is 18.2 Å². The minimum absolute atomic E-state index is 0.159. The Morgan fingerprint density at radius 3 is 2.61 bits per heavy atom. The zero-order valence-corrected chi connectivity index (χ0v) is 16.1. The average molecular weight is 377 g/mol. The zero-order valence-electron chi connectivity index (χ0n) is 16.1. The number of benzene rings is 1. The second-order valence-electron chi connectivity index (χ2n) is 7.80. The predicted octanol–water partition coefficient (Wildman–Crippen LogP) is 4.10. The summed E-state index contributed by atoms with van der Waals surface area (Å²) in [7, 11) is 0. The Morgan fingerprint density at radius 2 is 1.93 bits per heavy atom. The van der Waals surface area contributed by atoms with Crippen LogP contribution in [0.1, 0.15) is 35.4 Å². The van der Waals surface area contributed by atoms with Crippen molar-refractivity contribution < 1.29 is 13.7 Å². The van der Waals surface area contributed by atoms with Crippen molar-refractivity contribution in [2.45, 2.75) is 38.6 Å². The Balaban J connectivity index is 1.43. The van der Waals surface area contributed by atoms with Gasteiger partial charge in [-0.05, 0) is 51.4 Å². The zero-order chi connectivity index (χ0) is 19.3. The van der Waals surface area contributed by atoms with Gasteiger partial charge < -0.3 is 8.94 Å². The molecule has 1 fully saturated rings. The van der Waals surface area contributed by atoms with Gasteiger partial charge in [0.25, 0.3) is 0 Å². The van der Waals surface area contributed by atoms with Gasteiger partial charge in [0.2, 0.25) is 5.91 Å². The van der Waals surface area contributed by atoms with Crippen LogP contribution >= 0.6 is 0 Å². The molecule has 1 aromatic carbocycles. The van der Waals surface area contributed by atoms with Crippen LogP contribution < -0.4 is 4.90 Å². The maximum absolute atomic E-state index is 13.6. The highest BCUT2D eigenvalue weighted by molar-refractivity contribution is 6.12. The van der Waals surface area contributed by atoms with E-state index in [1.165, 1.54) is 0 Å². The first-order valence-corrected chi connectivity index (χ1v) is 9.70. The first-order chi connectivity index (χ1) is 13.6. The van der Waals surface area contributed by atoms with Gasteiger partial charge >= 0.3 is 0 Å². The summed E-state index contributed by atoms with van der Waals surface area (Å²) in [4.78, 5) is 17.8. The summed E-state index contributed by atoms with van der Waals surface area (Å²) in [6, 6.07) is 10.0. The summed E-state index contributed by atoms with van der Waals surface area (Å²) in [5.74, 6) is 1.04. The molecule has 0 bridgehead atoms. The molecule has 144 valence electrons. The summed E-state index contributed by atoms with van der Waals surface area (Å²) in [6.45, 7) is 6.49. The topological polar surface area (TPSA) is 62.7 Å². The normalized spacial score (nSPS) is 18.8. The minimum Gasteiger partial charge on any atom is -0.470 e. The number of anilines is 2. The van der Waals surface area contributed by atoms with Gasteiger partial charge in [-0.1, -0.05) is 23.4 Å². The molecule has 2 aliphatic rings. The molecule has 0 N–H and O–H groups in total. The van der Waals surface area contributed by atoms with Crippen LogP contribution in [0.15, 0.2) is 51.8 Å². The number of aromatic nitrogens is 1. The van der Waals surface area contributed by atoms with Crippen LogP contribution in [-0.4, -0.2) is 29.1 Å². The molecule has 0 radical (unpaired) electrons. The van der Waals surface area contributed by atoms with Gasteiger partial charge in [-0.15, -0.1) is 0 Å². The Kier molecular flexibility index (Phi) is 3.91. The number of para-hydroxylation sites is 1. The van der Waals surface area contributed by atoms with Gasteiger partial charge in [-0.2, -0.15) is 0 Å². The van der Waals surface area contributed by atoms with E-state index < -0.39 is 5.41 Å². The summed E-state index contributed by atoms with van der Waals surface area (Å²) in [6.07, 6.45) is 4.86. The predicted molar refractivity (Wildman–Crippen MR) is 104 cm³/mol. The summed E-state index contributed by atoms with van der Waals surface area (Å²) >= 11 is 0. The highest BCUT2D eigenvalue weighted by atomic mass is 16.5. The number of carbonyl (C=O) groups excluding carboxylic acids is 1. The summed E-state index contributed by atoms with van der Waals surface area (Å²) in [5, 5.41) is 4.06. The van der Waals surface area contributed by atoms with E-state index in [0.717, 1.165) is 66.4 Å². The molecule has 6 nitrogen and oxygen atoms in total. The highest BCUT2D eigenvalue weighted by Crippen LogP contribution is 2.50. The van der Waals surface area contributed by atoms with E-state index in [9.17, 15) is 4.79 Å². The molecule has 0 saturated carbocycles. The standard InChI is InChI=1S/C22H23N3O3/c1-15-18(16(2)28-23-15)13-24-10-8-22(9-11-24)19-5-3-4-6-20(19)25(21(22)26)17-7-12-27-14-17/h3-7,12,14H,8-11,13H2,1-2H3. The number of amides is 1. The molecular formula is C22H23N3O3. The van der Waals surface area contributed by atoms with E-state index in [0.29, 0.717) is 0 Å². The monoisotopic (exact) mass is 377 g/mol. The Hall–Kier alpha value is -2.86. The summed E-state index contributed by atoms with van der Waals surface area (Å²) in [5.41, 5.74) is 4.57. The lowest BCUT2D eigenvalue weighted by atomic mass is 9.73. The first-order valence-electron chi connectivity index (χ1n) is 9.70. The Bertz CT molecular complexity index is 994. The van der Waals surface area contributed by atoms with Crippen LogP contribution in [0.3, 0.4) is 0 Å². The fraction of sp³-hybridized carbons (Fsp3) is 0.364. The lowest BCUT2D eigenvalue weighted by Crippen LogP contribution is -2.47. The highest BCUT2D eigenvalue weighted by Gasteiger charge is 2.52. The largest absolute Gasteiger partial charge is 0.470 e. The third-order valence-corrected chi connectivity index (χ3v) is 6.31. The number of carbonyl (C=O) groups is 1. The van der Waals surface area contributed by atoms with Crippen LogP contribution in [0.4, 0.5) is 11.4 Å². The smallest absolute Gasteiger partial charge is 0.242 e. The van der Waals surface area contributed by atoms with Crippen LogP contribution in [0.5, 0.6) is 0 Å². The van der Waals surface area contributed by atoms with Crippen molar-refractivity contribution in [3.63, 3.8) is 0 Å². The lowest BCUT2D eigenvalue weighted by Gasteiger charge is -2.38. The van der Waals surface area contributed by atoms with Gasteiger partial charge in [-0.3, -0.25) is 14.6 Å². The van der Waals surface area contributed by atoms with Crippen molar-refractivity contribution in [3.8, 4) is 0 Å². The molecule has 1 amide bonds. The maximum Gasteiger partial charge on any atom is 0.242 e. The number of nitrogens with zero attached hydrogens (tertiary/aromatic N) is 3. The number of piperidine rings is 1. The van der Waals surface area contributed by atoms with Crippen molar-refractivity contribution >= 4 is 17.3 Å². The number of hydrogen-bond acceptors (Lipinski definition) is 5. The number of aryl methyl sites for hydroxylation is 2. The number of rotatable bonds is 3. The fourth-order valence-electron chi connectivity index (χ4n) is 4.68. The molecule has 0 atom stereocenters. The molecular weight excluding hydrogens is 354 g/mol. The van der Waals surface area contributed by atoms with Gasteiger partial charge in [0.15, 0.2) is 0 Å². The van der Waals surface area contributed by atoms with Crippen molar-refractivity contribution in [3.05, 3.63) is 65.4 Å². The molecule has 2 aromatic heterocycles. The van der Waals surface area contributed by atoms with Crippen LogP contribution in [0.25, 0.3) is 0 Å². The Labute approximate surface area is 163 Å². The molecule has 1 spiro atoms. The number of furan rings is 1. The summed E-state index contributed by atoms with van der Waals surface area (Å²) < 4.78 is 10.6. The van der Waals surface area contributed by atoms with Crippen LogP contribution in [-0.2, 0) is 16.8 Å². The third-order valence-electron chi connectivity index (χ3n) is 6.31. The number of likely N-dealkylation sites (tertiary alicyclic amines) is 1. The maximum atomic E-state index is 13.6. The molecule has 3 aromatic rings. The van der Waals surface area contributed by atoms with Crippen molar-refractivity contribution in [2.24, 2.45) is 0 Å². The molecule has 4 heterocycles. The van der Waals surface area contributed by atoms with E-state index in [1.54, 1.807) is 12.5 Å². The van der Waals surface area contributed by atoms with Gasteiger partial charge in [-0.25, -0.2) is 0 Å².